The summed E-state index contributed by atoms with van der Waals surface area (Å²) >= 11 is 0. The lowest BCUT2D eigenvalue weighted by molar-refractivity contribution is 0.411. The number of rotatable bonds is 4. The van der Waals surface area contributed by atoms with E-state index in [2.05, 4.69) is 23.6 Å². The van der Waals surface area contributed by atoms with Gasteiger partial charge in [0.1, 0.15) is 0 Å². The second-order valence-electron chi connectivity index (χ2n) is 3.99. The Kier molecular flexibility index (Phi) is 4.01. The maximum absolute atomic E-state index is 5.27. The van der Waals surface area contributed by atoms with Crippen molar-refractivity contribution in [2.24, 2.45) is 21.1 Å². The molecule has 1 aliphatic carbocycles. The molecular formula is C11H19N3. The zero-order valence-corrected chi connectivity index (χ0v) is 8.87. The Morgan fingerprint density at radius 3 is 2.64 bits per heavy atom. The molecule has 0 bridgehead atoms. The molecule has 0 spiro atoms. The molecule has 1 saturated carbocycles. The van der Waals surface area contributed by atoms with Crippen LogP contribution in [0.1, 0.15) is 32.6 Å². The standard InChI is InChI=1S/C11H19N3/c1-11(6-3-4-7-11)10(13-2)5-8-14-9-12/h5,8H,2-4,6-7,9,12H2,1H3/b10-5-,14-8-. The van der Waals surface area contributed by atoms with Gasteiger partial charge >= 0.3 is 0 Å². The van der Waals surface area contributed by atoms with Crippen molar-refractivity contribution < 1.29 is 0 Å². The number of hydrogen-bond acceptors (Lipinski definition) is 3. The average Bonchev–Trinajstić information content (AvgIpc) is 2.61. The SMILES string of the molecule is C=N/C(=C\C=N/CN)C1(C)CCCC1. The summed E-state index contributed by atoms with van der Waals surface area (Å²) < 4.78 is 0. The van der Waals surface area contributed by atoms with Gasteiger partial charge in [-0.25, -0.2) is 0 Å². The van der Waals surface area contributed by atoms with Gasteiger partial charge in [-0.3, -0.25) is 9.98 Å². The molecule has 0 saturated heterocycles. The van der Waals surface area contributed by atoms with Crippen LogP contribution in [0.3, 0.4) is 0 Å². The fourth-order valence-electron chi connectivity index (χ4n) is 2.04. The maximum Gasteiger partial charge on any atom is 0.0859 e. The molecule has 1 rings (SSSR count). The van der Waals surface area contributed by atoms with Crippen LogP contribution in [0.5, 0.6) is 0 Å². The third-order valence-electron chi connectivity index (χ3n) is 2.94. The van der Waals surface area contributed by atoms with E-state index in [0.717, 1.165) is 5.70 Å². The van der Waals surface area contributed by atoms with E-state index in [4.69, 9.17) is 5.73 Å². The van der Waals surface area contributed by atoms with Gasteiger partial charge in [0.05, 0.1) is 6.67 Å². The van der Waals surface area contributed by atoms with Gasteiger partial charge in [-0.15, -0.1) is 0 Å². The maximum atomic E-state index is 5.27. The fraction of sp³-hybridized carbons (Fsp3) is 0.636. The molecule has 1 aliphatic rings. The van der Waals surface area contributed by atoms with Gasteiger partial charge in [0.2, 0.25) is 0 Å². The minimum atomic E-state index is 0.211. The van der Waals surface area contributed by atoms with Crippen LogP contribution in [-0.4, -0.2) is 19.6 Å². The Bertz CT molecular complexity index is 247. The first kappa shape index (κ1) is 11.1. The highest BCUT2D eigenvalue weighted by Gasteiger charge is 2.31. The van der Waals surface area contributed by atoms with Crippen molar-refractivity contribution in [1.82, 2.24) is 0 Å². The minimum absolute atomic E-state index is 0.211. The molecule has 0 atom stereocenters. The summed E-state index contributed by atoms with van der Waals surface area (Å²) in [5.41, 5.74) is 6.53. The Morgan fingerprint density at radius 2 is 2.14 bits per heavy atom. The van der Waals surface area contributed by atoms with E-state index in [1.165, 1.54) is 25.7 Å². The van der Waals surface area contributed by atoms with Crippen LogP contribution >= 0.6 is 0 Å². The van der Waals surface area contributed by atoms with Crippen molar-refractivity contribution >= 4 is 12.9 Å². The van der Waals surface area contributed by atoms with Crippen LogP contribution in [0.15, 0.2) is 21.8 Å². The smallest absolute Gasteiger partial charge is 0.0859 e. The first-order chi connectivity index (χ1) is 6.73. The highest BCUT2D eigenvalue weighted by atomic mass is 14.8. The molecule has 0 unspecified atom stereocenters. The lowest BCUT2D eigenvalue weighted by atomic mass is 9.85. The molecule has 0 aromatic carbocycles. The van der Waals surface area contributed by atoms with E-state index in [1.54, 1.807) is 6.21 Å². The number of aliphatic imine (C=N–C) groups is 2. The van der Waals surface area contributed by atoms with E-state index in [1.807, 2.05) is 6.08 Å². The predicted molar refractivity (Wildman–Crippen MR) is 61.8 cm³/mol. The van der Waals surface area contributed by atoms with E-state index in [-0.39, 0.29) is 5.41 Å². The zero-order valence-electron chi connectivity index (χ0n) is 8.87. The lowest BCUT2D eigenvalue weighted by Gasteiger charge is -2.23. The second-order valence-corrected chi connectivity index (χ2v) is 3.99. The molecule has 3 nitrogen and oxygen atoms in total. The molecule has 0 aromatic heterocycles. The summed E-state index contributed by atoms with van der Waals surface area (Å²) in [6, 6.07) is 0. The van der Waals surface area contributed by atoms with Gasteiger partial charge < -0.3 is 5.73 Å². The fourth-order valence-corrected chi connectivity index (χ4v) is 2.04. The molecule has 1 fully saturated rings. The third-order valence-corrected chi connectivity index (χ3v) is 2.94. The summed E-state index contributed by atoms with van der Waals surface area (Å²) in [4.78, 5) is 8.04. The van der Waals surface area contributed by atoms with Crippen molar-refractivity contribution in [3.8, 4) is 0 Å². The van der Waals surface area contributed by atoms with Crippen molar-refractivity contribution in [3.05, 3.63) is 11.8 Å². The molecule has 3 heteroatoms. The van der Waals surface area contributed by atoms with E-state index >= 15 is 0 Å². The van der Waals surface area contributed by atoms with Crippen molar-refractivity contribution in [3.63, 3.8) is 0 Å². The van der Waals surface area contributed by atoms with Gasteiger partial charge in [0, 0.05) is 17.3 Å². The Balaban J connectivity index is 2.74. The summed E-state index contributed by atoms with van der Waals surface area (Å²) in [7, 11) is 0. The van der Waals surface area contributed by atoms with Crippen LogP contribution in [-0.2, 0) is 0 Å². The molecule has 0 aliphatic heterocycles. The number of nitrogens with two attached hydrogens (primary N) is 1. The van der Waals surface area contributed by atoms with Gasteiger partial charge in [0.15, 0.2) is 0 Å². The van der Waals surface area contributed by atoms with Gasteiger partial charge in [-0.2, -0.15) is 0 Å². The summed E-state index contributed by atoms with van der Waals surface area (Å²) in [5.74, 6) is 0. The molecule has 0 amide bonds. The van der Waals surface area contributed by atoms with E-state index in [9.17, 15) is 0 Å². The monoisotopic (exact) mass is 193 g/mol. The Labute approximate surface area is 85.8 Å². The molecule has 0 aromatic rings. The lowest BCUT2D eigenvalue weighted by Crippen LogP contribution is -2.13. The van der Waals surface area contributed by atoms with Crippen molar-refractivity contribution in [2.75, 3.05) is 6.67 Å². The van der Waals surface area contributed by atoms with Gasteiger partial charge in [-0.1, -0.05) is 19.8 Å². The molecule has 78 valence electrons. The second kappa shape index (κ2) is 5.05. The first-order valence-electron chi connectivity index (χ1n) is 5.10. The normalized spacial score (nSPS) is 21.7. The average molecular weight is 193 g/mol. The van der Waals surface area contributed by atoms with Crippen LogP contribution in [0.25, 0.3) is 0 Å². The largest absolute Gasteiger partial charge is 0.312 e. The number of nitrogens with zero attached hydrogens (tertiary/aromatic N) is 2. The highest BCUT2D eigenvalue weighted by molar-refractivity contribution is 5.72. The predicted octanol–water partition coefficient (Wildman–Crippen LogP) is 2.14. The van der Waals surface area contributed by atoms with Crippen LogP contribution in [0.2, 0.25) is 0 Å². The van der Waals surface area contributed by atoms with Crippen molar-refractivity contribution in [1.29, 1.82) is 0 Å². The third kappa shape index (κ3) is 2.51. The summed E-state index contributed by atoms with van der Waals surface area (Å²) in [6.45, 7) is 6.20. The number of allylic oxidation sites excluding steroid dienone is 2. The van der Waals surface area contributed by atoms with Gasteiger partial charge in [-0.05, 0) is 25.6 Å². The van der Waals surface area contributed by atoms with E-state index < -0.39 is 0 Å². The molecule has 14 heavy (non-hydrogen) atoms. The van der Waals surface area contributed by atoms with Crippen LogP contribution < -0.4 is 5.73 Å². The summed E-state index contributed by atoms with van der Waals surface area (Å²) in [6.07, 6.45) is 8.65. The molecule has 2 N–H and O–H groups in total. The summed E-state index contributed by atoms with van der Waals surface area (Å²) in [5, 5.41) is 0. The highest BCUT2D eigenvalue weighted by Crippen LogP contribution is 2.43. The molecule has 0 heterocycles. The quantitative estimate of drug-likeness (QED) is 0.683. The number of hydrogen-bond donors (Lipinski definition) is 1. The van der Waals surface area contributed by atoms with Crippen LogP contribution in [0.4, 0.5) is 0 Å². The zero-order chi connectivity index (χ0) is 10.4. The van der Waals surface area contributed by atoms with E-state index in [0.29, 0.717) is 6.67 Å². The Hall–Kier alpha value is -0.960. The topological polar surface area (TPSA) is 50.7 Å². The minimum Gasteiger partial charge on any atom is -0.312 e. The van der Waals surface area contributed by atoms with Crippen LogP contribution in [0, 0.1) is 5.41 Å². The molecular weight excluding hydrogens is 174 g/mol. The Morgan fingerprint density at radius 1 is 1.50 bits per heavy atom. The molecule has 0 radical (unpaired) electrons. The van der Waals surface area contributed by atoms with Crippen molar-refractivity contribution in [2.45, 2.75) is 32.6 Å². The van der Waals surface area contributed by atoms with Gasteiger partial charge in [0.25, 0.3) is 0 Å². The first-order valence-corrected chi connectivity index (χ1v) is 5.10.